The molecule has 8 nitrogen and oxygen atoms in total. The predicted octanol–water partition coefficient (Wildman–Crippen LogP) is 0.520. The van der Waals surface area contributed by atoms with Gasteiger partial charge in [0.1, 0.15) is 12.7 Å². The Kier molecular flexibility index (Phi) is 4.80. The Hall–Kier alpha value is -2.51. The number of nitrogens with one attached hydrogen (secondary N) is 1. The van der Waals surface area contributed by atoms with Crippen LogP contribution in [0, 0.1) is 5.92 Å². The van der Waals surface area contributed by atoms with Gasteiger partial charge in [0, 0.05) is 19.0 Å². The summed E-state index contributed by atoms with van der Waals surface area (Å²) in [5.41, 5.74) is -0.209. The molecule has 122 valence electrons. The lowest BCUT2D eigenvalue weighted by molar-refractivity contribution is -0.122. The molecule has 0 spiro atoms. The van der Waals surface area contributed by atoms with Crippen molar-refractivity contribution in [1.29, 1.82) is 0 Å². The molecule has 2 heterocycles. The maximum absolute atomic E-state index is 11.9. The summed E-state index contributed by atoms with van der Waals surface area (Å²) >= 11 is 0. The van der Waals surface area contributed by atoms with E-state index in [9.17, 15) is 9.59 Å². The summed E-state index contributed by atoms with van der Waals surface area (Å²) in [4.78, 5) is 27.6. The number of aromatic nitrogens is 5. The first-order valence-electron chi connectivity index (χ1n) is 7.92. The van der Waals surface area contributed by atoms with Crippen LogP contribution in [0.5, 0.6) is 0 Å². The summed E-state index contributed by atoms with van der Waals surface area (Å²) in [7, 11) is 0. The van der Waals surface area contributed by atoms with Crippen LogP contribution < -0.4 is 10.9 Å². The lowest BCUT2D eigenvalue weighted by Gasteiger charge is -2.10. The van der Waals surface area contributed by atoms with Crippen LogP contribution in [-0.2, 0) is 11.3 Å². The Morgan fingerprint density at radius 3 is 2.87 bits per heavy atom. The van der Waals surface area contributed by atoms with Crippen LogP contribution in [0.2, 0.25) is 0 Å². The Balaban J connectivity index is 1.54. The van der Waals surface area contributed by atoms with Gasteiger partial charge in [0.25, 0.3) is 5.56 Å². The zero-order valence-corrected chi connectivity index (χ0v) is 12.9. The second-order valence-electron chi connectivity index (χ2n) is 5.80. The highest BCUT2D eigenvalue weighted by Crippen LogP contribution is 2.27. The van der Waals surface area contributed by atoms with E-state index in [1.165, 1.54) is 40.9 Å². The van der Waals surface area contributed by atoms with Gasteiger partial charge in [-0.25, -0.2) is 14.3 Å². The standard InChI is InChI=1S/C15H20N6O2/c22-14(9-12-3-1-2-4-12)17-7-8-20-15(23)6-5-13(19-20)21-11-16-10-18-21/h5-6,10-12H,1-4,7-9H2,(H,17,22). The topological polar surface area (TPSA) is 94.7 Å². The van der Waals surface area contributed by atoms with E-state index in [1.54, 1.807) is 6.07 Å². The smallest absolute Gasteiger partial charge is 0.266 e. The fourth-order valence-corrected chi connectivity index (χ4v) is 2.90. The van der Waals surface area contributed by atoms with Gasteiger partial charge in [-0.05, 0) is 24.8 Å². The fraction of sp³-hybridized carbons (Fsp3) is 0.533. The maximum atomic E-state index is 11.9. The molecule has 0 saturated heterocycles. The van der Waals surface area contributed by atoms with Gasteiger partial charge in [0.2, 0.25) is 5.91 Å². The normalized spacial score (nSPS) is 15.0. The number of carbonyl (C=O) groups is 1. The lowest BCUT2D eigenvalue weighted by Crippen LogP contribution is -2.32. The van der Waals surface area contributed by atoms with Crippen molar-refractivity contribution in [1.82, 2.24) is 29.9 Å². The molecule has 0 aromatic carbocycles. The second-order valence-corrected chi connectivity index (χ2v) is 5.80. The fourth-order valence-electron chi connectivity index (χ4n) is 2.90. The van der Waals surface area contributed by atoms with Crippen molar-refractivity contribution in [3.63, 3.8) is 0 Å². The van der Waals surface area contributed by atoms with Crippen molar-refractivity contribution in [2.24, 2.45) is 5.92 Å². The SMILES string of the molecule is O=C(CC1CCCC1)NCCn1nc(-n2cncn2)ccc1=O. The Morgan fingerprint density at radius 2 is 2.13 bits per heavy atom. The van der Waals surface area contributed by atoms with Crippen molar-refractivity contribution in [3.8, 4) is 5.82 Å². The van der Waals surface area contributed by atoms with Crippen LogP contribution in [0.15, 0.2) is 29.6 Å². The van der Waals surface area contributed by atoms with Crippen LogP contribution >= 0.6 is 0 Å². The summed E-state index contributed by atoms with van der Waals surface area (Å²) in [6.07, 6.45) is 8.25. The zero-order valence-electron chi connectivity index (χ0n) is 12.9. The first-order chi connectivity index (χ1) is 11.2. The van der Waals surface area contributed by atoms with Crippen molar-refractivity contribution in [2.75, 3.05) is 6.54 Å². The molecule has 1 amide bonds. The van der Waals surface area contributed by atoms with Gasteiger partial charge in [0.05, 0.1) is 6.54 Å². The molecule has 0 atom stereocenters. The van der Waals surface area contributed by atoms with Crippen LogP contribution in [0.3, 0.4) is 0 Å². The molecule has 0 unspecified atom stereocenters. The molecular formula is C15H20N6O2. The van der Waals surface area contributed by atoms with Gasteiger partial charge in [-0.3, -0.25) is 9.59 Å². The zero-order chi connectivity index (χ0) is 16.1. The Bertz CT molecular complexity index is 703. The van der Waals surface area contributed by atoms with Crippen molar-refractivity contribution >= 4 is 5.91 Å². The summed E-state index contributed by atoms with van der Waals surface area (Å²) in [6.45, 7) is 0.719. The molecule has 0 radical (unpaired) electrons. The average molecular weight is 316 g/mol. The highest BCUT2D eigenvalue weighted by Gasteiger charge is 2.18. The molecule has 1 fully saturated rings. The van der Waals surface area contributed by atoms with E-state index in [1.807, 2.05) is 0 Å². The third-order valence-electron chi connectivity index (χ3n) is 4.10. The minimum Gasteiger partial charge on any atom is -0.354 e. The average Bonchev–Trinajstić information content (AvgIpc) is 3.22. The van der Waals surface area contributed by atoms with E-state index >= 15 is 0 Å². The summed E-state index contributed by atoms with van der Waals surface area (Å²) in [5, 5.41) is 11.1. The minimum absolute atomic E-state index is 0.0531. The number of nitrogens with zero attached hydrogens (tertiary/aromatic N) is 5. The van der Waals surface area contributed by atoms with E-state index in [0.29, 0.717) is 31.2 Å². The highest BCUT2D eigenvalue weighted by atomic mass is 16.1. The number of amides is 1. The Morgan fingerprint density at radius 1 is 1.30 bits per heavy atom. The van der Waals surface area contributed by atoms with Crippen LogP contribution in [0.1, 0.15) is 32.1 Å². The van der Waals surface area contributed by atoms with Crippen molar-refractivity contribution in [2.45, 2.75) is 38.6 Å². The van der Waals surface area contributed by atoms with Gasteiger partial charge < -0.3 is 5.32 Å². The van der Waals surface area contributed by atoms with Crippen molar-refractivity contribution in [3.05, 3.63) is 35.1 Å². The molecule has 1 N–H and O–H groups in total. The molecule has 3 rings (SSSR count). The molecule has 2 aromatic heterocycles. The second kappa shape index (κ2) is 7.17. The first-order valence-corrected chi connectivity index (χ1v) is 7.92. The first kappa shape index (κ1) is 15.4. The van der Waals surface area contributed by atoms with Gasteiger partial charge in [0.15, 0.2) is 5.82 Å². The van der Waals surface area contributed by atoms with Crippen molar-refractivity contribution < 1.29 is 4.79 Å². The lowest BCUT2D eigenvalue weighted by atomic mass is 10.0. The van der Waals surface area contributed by atoms with E-state index < -0.39 is 0 Å². The number of carbonyl (C=O) groups excluding carboxylic acids is 1. The van der Waals surface area contributed by atoms with Crippen LogP contribution in [0.4, 0.5) is 0 Å². The largest absolute Gasteiger partial charge is 0.354 e. The molecule has 0 aliphatic heterocycles. The molecule has 23 heavy (non-hydrogen) atoms. The molecule has 2 aromatic rings. The summed E-state index contributed by atoms with van der Waals surface area (Å²) < 4.78 is 2.81. The molecular weight excluding hydrogens is 296 g/mol. The van der Waals surface area contributed by atoms with Crippen LogP contribution in [-0.4, -0.2) is 37.0 Å². The minimum atomic E-state index is -0.209. The quantitative estimate of drug-likeness (QED) is 0.838. The molecule has 0 bridgehead atoms. The molecule has 1 aliphatic carbocycles. The third kappa shape index (κ3) is 4.02. The van der Waals surface area contributed by atoms with Gasteiger partial charge >= 0.3 is 0 Å². The molecule has 1 saturated carbocycles. The predicted molar refractivity (Wildman–Crippen MR) is 83.0 cm³/mol. The maximum Gasteiger partial charge on any atom is 0.266 e. The van der Waals surface area contributed by atoms with E-state index in [2.05, 4.69) is 20.5 Å². The van der Waals surface area contributed by atoms with Crippen LogP contribution in [0.25, 0.3) is 5.82 Å². The molecule has 8 heteroatoms. The van der Waals surface area contributed by atoms with E-state index in [0.717, 1.165) is 12.8 Å². The number of rotatable bonds is 6. The van der Waals surface area contributed by atoms with E-state index in [4.69, 9.17) is 0 Å². The van der Waals surface area contributed by atoms with E-state index in [-0.39, 0.29) is 11.5 Å². The summed E-state index contributed by atoms with van der Waals surface area (Å²) in [5.74, 6) is 1.09. The number of hydrogen-bond donors (Lipinski definition) is 1. The monoisotopic (exact) mass is 316 g/mol. The van der Waals surface area contributed by atoms with Gasteiger partial charge in [-0.15, -0.1) is 5.10 Å². The highest BCUT2D eigenvalue weighted by molar-refractivity contribution is 5.76. The molecule has 1 aliphatic rings. The third-order valence-corrected chi connectivity index (χ3v) is 4.10. The summed E-state index contributed by atoms with van der Waals surface area (Å²) in [6, 6.07) is 3.02. The van der Waals surface area contributed by atoms with Gasteiger partial charge in [-0.2, -0.15) is 5.10 Å². The number of hydrogen-bond acceptors (Lipinski definition) is 5. The Labute approximate surface area is 133 Å². The van der Waals surface area contributed by atoms with Gasteiger partial charge in [-0.1, -0.05) is 12.8 Å².